The molecule has 0 amide bonds. The van der Waals surface area contributed by atoms with Crippen LogP contribution in [0.1, 0.15) is 83.1 Å². The number of benzene rings is 2. The number of aliphatic imine (C=N–C) groups is 2. The highest BCUT2D eigenvalue weighted by molar-refractivity contribution is 6.96. The Balaban J connectivity index is 2.23. The summed E-state index contributed by atoms with van der Waals surface area (Å²) < 4.78 is 12.4. The van der Waals surface area contributed by atoms with Crippen LogP contribution in [0.2, 0.25) is 33.2 Å². The highest BCUT2D eigenvalue weighted by atomic mass is 28.3. The average Bonchev–Trinajstić information content (AvgIpc) is 2.86. The van der Waals surface area contributed by atoms with Crippen LogP contribution in [0.5, 0.6) is 0 Å². The van der Waals surface area contributed by atoms with E-state index in [-0.39, 0.29) is 0 Å². The topological polar surface area (TPSA) is 43.2 Å². The number of para-hydroxylation sites is 2. The monoisotopic (exact) mass is 578 g/mol. The van der Waals surface area contributed by atoms with Crippen molar-refractivity contribution >= 4 is 49.7 Å². The van der Waals surface area contributed by atoms with Crippen LogP contribution in [0.4, 0.5) is 11.4 Å². The van der Waals surface area contributed by atoms with Crippen LogP contribution >= 0.6 is 0 Å². The van der Waals surface area contributed by atoms with Gasteiger partial charge in [-0.15, -0.1) is 0 Å². The van der Waals surface area contributed by atoms with Crippen LogP contribution in [0.15, 0.2) is 58.5 Å². The molecule has 0 saturated carbocycles. The molecular formula is C34H54N2O2Si2. The van der Waals surface area contributed by atoms with Crippen LogP contribution in [0.25, 0.3) is 0 Å². The van der Waals surface area contributed by atoms with Crippen molar-refractivity contribution in [3.05, 3.63) is 48.5 Å². The number of nitrogens with zero attached hydrogens (tertiary/aromatic N) is 2. The van der Waals surface area contributed by atoms with E-state index in [1.807, 2.05) is 0 Å². The van der Waals surface area contributed by atoms with E-state index in [2.05, 4.69) is 132 Å². The van der Waals surface area contributed by atoms with E-state index >= 15 is 0 Å². The van der Waals surface area contributed by atoms with Crippen molar-refractivity contribution < 1.29 is 9.47 Å². The maximum Gasteiger partial charge on any atom is 0.278 e. The predicted molar refractivity (Wildman–Crippen MR) is 180 cm³/mol. The van der Waals surface area contributed by atoms with E-state index in [1.165, 1.54) is 10.4 Å². The first-order valence-corrected chi connectivity index (χ1v) is 19.9. The van der Waals surface area contributed by atoms with Crippen molar-refractivity contribution in [2.45, 2.75) is 116 Å². The highest BCUT2D eigenvalue weighted by Crippen LogP contribution is 2.44. The minimum absolute atomic E-state index is 0.478. The van der Waals surface area contributed by atoms with Crippen LogP contribution < -0.4 is 10.4 Å². The third-order valence-corrected chi connectivity index (χ3v) is 23.8. The summed E-state index contributed by atoms with van der Waals surface area (Å²) in [7, 11) is -3.88. The normalized spacial score (nSPS) is 17.1. The van der Waals surface area contributed by atoms with Crippen molar-refractivity contribution in [2.75, 3.05) is 13.2 Å². The van der Waals surface area contributed by atoms with Crippen LogP contribution in [-0.2, 0) is 9.47 Å². The second kappa shape index (κ2) is 13.2. The first-order valence-electron chi connectivity index (χ1n) is 15.4. The van der Waals surface area contributed by atoms with Gasteiger partial charge in [0.15, 0.2) is 0 Å². The Morgan fingerprint density at radius 3 is 1.02 bits per heavy atom. The summed E-state index contributed by atoms with van der Waals surface area (Å²) in [6, 6.07) is 17.4. The van der Waals surface area contributed by atoms with Crippen LogP contribution in [-0.4, -0.2) is 41.2 Å². The molecule has 0 spiro atoms. The molecule has 2 aromatic carbocycles. The molecule has 0 bridgehead atoms. The third-order valence-electron chi connectivity index (χ3n) is 9.66. The summed E-state index contributed by atoms with van der Waals surface area (Å²) in [5, 5.41) is 2.81. The largest absolute Gasteiger partial charge is 0.470 e. The fraction of sp³-hybridized carbons (Fsp3) is 0.588. The fourth-order valence-corrected chi connectivity index (χ4v) is 22.2. The van der Waals surface area contributed by atoms with E-state index in [1.54, 1.807) is 0 Å². The summed E-state index contributed by atoms with van der Waals surface area (Å²) in [6.45, 7) is 29.7. The number of ether oxygens (including phenoxy) is 2. The molecule has 3 rings (SSSR count). The summed E-state index contributed by atoms with van der Waals surface area (Å²) in [6.07, 6.45) is 0. The molecule has 2 aromatic rings. The first kappa shape index (κ1) is 32.3. The minimum Gasteiger partial charge on any atom is -0.470 e. The third kappa shape index (κ3) is 5.76. The second-order valence-electron chi connectivity index (χ2n) is 13.4. The maximum absolute atomic E-state index is 6.20. The van der Waals surface area contributed by atoms with Gasteiger partial charge in [0.25, 0.3) is 11.8 Å². The summed E-state index contributed by atoms with van der Waals surface area (Å²) >= 11 is 0. The van der Waals surface area contributed by atoms with Crippen molar-refractivity contribution in [3.8, 4) is 0 Å². The van der Waals surface area contributed by atoms with E-state index in [9.17, 15) is 0 Å². The Hall–Kier alpha value is -2.19. The summed E-state index contributed by atoms with van der Waals surface area (Å²) in [5.74, 6) is 0.997. The quantitative estimate of drug-likeness (QED) is 0.264. The van der Waals surface area contributed by atoms with Gasteiger partial charge in [0.05, 0.1) is 27.5 Å². The van der Waals surface area contributed by atoms with Gasteiger partial charge in [-0.25, -0.2) is 9.98 Å². The fourth-order valence-electron chi connectivity index (χ4n) is 8.52. The minimum atomic E-state index is -1.94. The van der Waals surface area contributed by atoms with Gasteiger partial charge >= 0.3 is 0 Å². The molecule has 1 aliphatic heterocycles. The standard InChI is InChI=1S/C34H54N2O2Si2/c1-23(2)39(24(3)4,25(5)6)31-19-15-13-17-29(31)35-33-34(38-22-21-37-33)36-30-18-14-16-20-32(30)40(26(7)8,27(9)10)28(11)12/h13-20,23-28H,21-22H2,1-12H3. The number of rotatable bonds is 10. The second-order valence-corrected chi connectivity index (χ2v) is 25.1. The van der Waals surface area contributed by atoms with E-state index in [0.717, 1.165) is 11.4 Å². The lowest BCUT2D eigenvalue weighted by molar-refractivity contribution is 0.173. The zero-order valence-corrected chi connectivity index (χ0v) is 29.2. The molecule has 0 aliphatic carbocycles. The Morgan fingerprint density at radius 1 is 0.475 bits per heavy atom. The van der Waals surface area contributed by atoms with Crippen LogP contribution in [0, 0.1) is 0 Å². The highest BCUT2D eigenvalue weighted by Gasteiger charge is 2.47. The molecule has 1 aliphatic rings. The number of hydrogen-bond donors (Lipinski definition) is 0. The predicted octanol–water partition coefficient (Wildman–Crippen LogP) is 9.27. The van der Waals surface area contributed by atoms with Crippen molar-refractivity contribution in [2.24, 2.45) is 9.98 Å². The average molecular weight is 579 g/mol. The zero-order chi connectivity index (χ0) is 29.8. The van der Waals surface area contributed by atoms with E-state index in [4.69, 9.17) is 19.5 Å². The molecule has 40 heavy (non-hydrogen) atoms. The molecule has 1 saturated heterocycles. The van der Waals surface area contributed by atoms with Gasteiger partial charge in [0.2, 0.25) is 0 Å². The number of hydrogen-bond acceptors (Lipinski definition) is 4. The lowest BCUT2D eigenvalue weighted by Gasteiger charge is -2.44. The van der Waals surface area contributed by atoms with Crippen LogP contribution in [0.3, 0.4) is 0 Å². The molecule has 0 aromatic heterocycles. The Labute approximate surface area is 246 Å². The van der Waals surface area contributed by atoms with Gasteiger partial charge in [-0.3, -0.25) is 0 Å². The molecule has 0 unspecified atom stereocenters. The van der Waals surface area contributed by atoms with Gasteiger partial charge in [0, 0.05) is 0 Å². The molecular weight excluding hydrogens is 525 g/mol. The molecule has 0 atom stereocenters. The van der Waals surface area contributed by atoms with Gasteiger partial charge in [-0.2, -0.15) is 0 Å². The van der Waals surface area contributed by atoms with Gasteiger partial charge in [0.1, 0.15) is 13.2 Å². The Bertz CT molecular complexity index is 1060. The molecule has 4 nitrogen and oxygen atoms in total. The first-order chi connectivity index (χ1) is 18.8. The zero-order valence-electron chi connectivity index (χ0n) is 27.2. The van der Waals surface area contributed by atoms with Gasteiger partial charge in [-0.1, -0.05) is 119 Å². The molecule has 0 N–H and O–H groups in total. The molecule has 220 valence electrons. The molecule has 1 heterocycles. The van der Waals surface area contributed by atoms with Gasteiger partial charge in [-0.05, 0) is 55.8 Å². The molecule has 6 heteroatoms. The summed E-state index contributed by atoms with van der Waals surface area (Å²) in [5.41, 5.74) is 5.50. The SMILES string of the molecule is CC(C)[Si](c1ccccc1N=C1OCCOC1=Nc1ccccc1[Si](C(C)C)(C(C)C)C(C)C)(C(C)C)C(C)C. The van der Waals surface area contributed by atoms with Crippen molar-refractivity contribution in [1.29, 1.82) is 0 Å². The molecule has 0 radical (unpaired) electrons. The van der Waals surface area contributed by atoms with E-state index in [0.29, 0.717) is 58.3 Å². The van der Waals surface area contributed by atoms with Crippen molar-refractivity contribution in [1.82, 2.24) is 0 Å². The molecule has 1 fully saturated rings. The summed E-state index contributed by atoms with van der Waals surface area (Å²) in [4.78, 5) is 10.4. The van der Waals surface area contributed by atoms with E-state index < -0.39 is 16.1 Å². The van der Waals surface area contributed by atoms with Gasteiger partial charge < -0.3 is 9.47 Å². The Morgan fingerprint density at radius 2 is 0.750 bits per heavy atom. The Kier molecular flexibility index (Phi) is 10.7. The lowest BCUT2D eigenvalue weighted by Crippen LogP contribution is -2.55. The maximum atomic E-state index is 6.20. The van der Waals surface area contributed by atoms with Crippen molar-refractivity contribution in [3.63, 3.8) is 0 Å². The smallest absolute Gasteiger partial charge is 0.278 e. The lowest BCUT2D eigenvalue weighted by atomic mass is 10.3.